The van der Waals surface area contributed by atoms with Crippen molar-refractivity contribution in [2.24, 2.45) is 17.2 Å². The second kappa shape index (κ2) is 39.8. The first-order valence-electron chi connectivity index (χ1n) is 37.3. The Bertz CT molecular complexity index is 5920. The average Bonchev–Trinajstić information content (AvgIpc) is 0.816. The number of benzene rings is 13. The number of carbonyl (C=O) groups excluding carboxylic acids is 6. The fourth-order valence-electron chi connectivity index (χ4n) is 12.2. The van der Waals surface area contributed by atoms with E-state index in [0.29, 0.717) is 48.7 Å². The summed E-state index contributed by atoms with van der Waals surface area (Å²) in [5.74, 6) is -2.69. The number of hydrogen-bond donors (Lipinski definition) is 6. The molecule has 0 spiro atoms. The maximum atomic E-state index is 13.2. The molecule has 27 heteroatoms. The van der Waals surface area contributed by atoms with Gasteiger partial charge in [-0.1, -0.05) is 165 Å². The Morgan fingerprint density at radius 3 is 0.949 bits per heavy atom. The van der Waals surface area contributed by atoms with Crippen molar-refractivity contribution in [3.05, 3.63) is 353 Å². The molecule has 0 unspecified atom stereocenters. The average molecular weight is 1590 g/mol. The minimum atomic E-state index is -0.640. The zero-order valence-corrected chi connectivity index (χ0v) is 64.3. The van der Waals surface area contributed by atoms with E-state index in [1.807, 2.05) is 146 Å². The van der Waals surface area contributed by atoms with Crippen molar-refractivity contribution in [3.63, 3.8) is 0 Å². The van der Waals surface area contributed by atoms with Crippen LogP contribution in [-0.4, -0.2) is 82.7 Å². The zero-order chi connectivity index (χ0) is 83.8. The van der Waals surface area contributed by atoms with Crippen LogP contribution in [0, 0.1) is 30.3 Å². The summed E-state index contributed by atoms with van der Waals surface area (Å²) in [5, 5.41) is 49.7. The van der Waals surface area contributed by atoms with Crippen LogP contribution in [0.25, 0.3) is 32.3 Å². The van der Waals surface area contributed by atoms with Crippen LogP contribution >= 0.6 is 0 Å². The van der Waals surface area contributed by atoms with Gasteiger partial charge in [0.05, 0.1) is 64.4 Å². The molecule has 6 amide bonds. The predicted molar refractivity (Wildman–Crippen MR) is 450 cm³/mol. The second-order valence-electron chi connectivity index (χ2n) is 27.0. The van der Waals surface area contributed by atoms with E-state index in [-0.39, 0.29) is 112 Å². The standard InChI is InChI=1S/C33H27N3O6.2C29H27N3O6/c34-32(37)26-12-14-28(30(19-26)42-21-23-6-2-1-3-7-23)35-33(38)27-13-15-29(36(39)40)31(20-27)41-17-16-22-10-11-24-8-4-5-9-25(24)18-22;1-18(2)38-26-16-22(28(30)33)9-11-24(26)31-29(34)23-10-12-25(32(35)36)27(17-23)37-14-13-19-7-8-20-5-3-4-6-21(20)15-19;1-2-14-37-26-17-22(28(30)33)9-11-24(26)31-29(34)23-10-12-25(32(35)36)27(18-23)38-15-13-19-7-8-20-5-3-4-6-21(20)16-19/h1-15,18-20H,16-17,21H2,(H2,34,37)(H,35,38);3-12,15-18H,13-14H2,1-2H3,(H2,30,33)(H,31,34);3-12,16-18H,2,13-15H2,1H3,(H2,30,33)(H,31,34). The van der Waals surface area contributed by atoms with Crippen LogP contribution in [0.5, 0.6) is 34.5 Å². The van der Waals surface area contributed by atoms with Crippen LogP contribution in [0.1, 0.15) is 112 Å². The highest BCUT2D eigenvalue weighted by Crippen LogP contribution is 2.36. The molecular weight excluding hydrogens is 1510 g/mol. The largest absolute Gasteiger partial charge is 0.491 e. The fraction of sp³-hybridized carbons (Fsp3) is 0.143. The Kier molecular flexibility index (Phi) is 28.1. The van der Waals surface area contributed by atoms with E-state index in [2.05, 4.69) is 34.1 Å². The number of rotatable bonds is 32. The summed E-state index contributed by atoms with van der Waals surface area (Å²) in [4.78, 5) is 107. The first-order valence-corrected chi connectivity index (χ1v) is 37.3. The maximum Gasteiger partial charge on any atom is 0.310 e. The molecule has 0 saturated heterocycles. The summed E-state index contributed by atoms with van der Waals surface area (Å²) in [6.45, 7) is 6.65. The molecule has 0 aromatic heterocycles. The molecule has 13 aromatic carbocycles. The molecule has 0 fully saturated rings. The number of hydrogen-bond acceptors (Lipinski definition) is 18. The summed E-state index contributed by atoms with van der Waals surface area (Å²) in [6, 6.07) is 76.7. The zero-order valence-electron chi connectivity index (χ0n) is 64.3. The quantitative estimate of drug-likeness (QED) is 0.0168. The van der Waals surface area contributed by atoms with Gasteiger partial charge in [0.25, 0.3) is 17.7 Å². The Hall–Kier alpha value is -15.5. The maximum absolute atomic E-state index is 13.2. The highest BCUT2D eigenvalue weighted by molar-refractivity contribution is 6.08. The predicted octanol–water partition coefficient (Wildman–Crippen LogP) is 17.3. The molecule has 598 valence electrons. The van der Waals surface area contributed by atoms with Gasteiger partial charge in [0, 0.05) is 89.0 Å². The molecule has 0 bridgehead atoms. The van der Waals surface area contributed by atoms with Gasteiger partial charge in [-0.3, -0.25) is 59.1 Å². The smallest absolute Gasteiger partial charge is 0.310 e. The lowest BCUT2D eigenvalue weighted by molar-refractivity contribution is -0.386. The van der Waals surface area contributed by atoms with Gasteiger partial charge in [0.2, 0.25) is 17.7 Å². The minimum absolute atomic E-state index is 0.00466. The molecule has 0 radical (unpaired) electrons. The molecule has 0 aliphatic heterocycles. The molecular formula is C91H81N9O18. The van der Waals surface area contributed by atoms with Crippen molar-refractivity contribution in [2.45, 2.75) is 59.2 Å². The minimum Gasteiger partial charge on any atom is -0.491 e. The molecule has 9 N–H and O–H groups in total. The number of carbonyl (C=O) groups is 6. The van der Waals surface area contributed by atoms with Crippen molar-refractivity contribution in [1.29, 1.82) is 0 Å². The molecule has 0 atom stereocenters. The first-order chi connectivity index (χ1) is 56.9. The van der Waals surface area contributed by atoms with Crippen molar-refractivity contribution in [3.8, 4) is 34.5 Å². The van der Waals surface area contributed by atoms with Crippen LogP contribution in [0.3, 0.4) is 0 Å². The lowest BCUT2D eigenvalue weighted by Gasteiger charge is -2.16. The van der Waals surface area contributed by atoms with Crippen LogP contribution in [0.15, 0.2) is 267 Å². The number of primary amides is 3. The third kappa shape index (κ3) is 22.7. The van der Waals surface area contributed by atoms with Crippen molar-refractivity contribution in [2.75, 3.05) is 42.4 Å². The van der Waals surface area contributed by atoms with Gasteiger partial charge in [0.15, 0.2) is 17.2 Å². The van der Waals surface area contributed by atoms with E-state index < -0.39 is 50.2 Å². The number of anilines is 3. The van der Waals surface area contributed by atoms with Crippen LogP contribution < -0.4 is 61.6 Å². The second-order valence-corrected chi connectivity index (χ2v) is 27.0. The number of ether oxygens (including phenoxy) is 6. The number of fused-ring (bicyclic) bond motifs is 3. The van der Waals surface area contributed by atoms with Gasteiger partial charge in [-0.15, -0.1) is 0 Å². The molecule has 27 nitrogen and oxygen atoms in total. The number of nitrogens with zero attached hydrogens (tertiary/aromatic N) is 3. The van der Waals surface area contributed by atoms with Crippen LogP contribution in [-0.2, 0) is 25.9 Å². The molecule has 0 aliphatic rings. The molecule has 0 heterocycles. The van der Waals surface area contributed by atoms with Gasteiger partial charge >= 0.3 is 17.1 Å². The Morgan fingerprint density at radius 1 is 0.322 bits per heavy atom. The number of nitrogens with two attached hydrogens (primary N) is 3. The Morgan fingerprint density at radius 2 is 0.619 bits per heavy atom. The summed E-state index contributed by atoms with van der Waals surface area (Å²) >= 11 is 0. The van der Waals surface area contributed by atoms with Gasteiger partial charge in [-0.25, -0.2) is 0 Å². The van der Waals surface area contributed by atoms with Gasteiger partial charge in [0.1, 0.15) is 23.9 Å². The summed E-state index contributed by atoms with van der Waals surface area (Å²) in [6.07, 6.45) is 2.07. The van der Waals surface area contributed by atoms with Gasteiger partial charge in [-0.2, -0.15) is 0 Å². The molecule has 13 aromatic rings. The fourth-order valence-corrected chi connectivity index (χ4v) is 12.2. The van der Waals surface area contributed by atoms with Crippen LogP contribution in [0.2, 0.25) is 0 Å². The van der Waals surface area contributed by atoms with E-state index in [4.69, 9.17) is 45.6 Å². The lowest BCUT2D eigenvalue weighted by atomic mass is 10.1. The monoisotopic (exact) mass is 1590 g/mol. The van der Waals surface area contributed by atoms with Crippen LogP contribution in [0.4, 0.5) is 34.1 Å². The Balaban J connectivity index is 0.000000174. The highest BCUT2D eigenvalue weighted by atomic mass is 16.6. The van der Waals surface area contributed by atoms with E-state index >= 15 is 0 Å². The molecule has 0 aliphatic carbocycles. The summed E-state index contributed by atoms with van der Waals surface area (Å²) < 4.78 is 34.7. The molecule has 13 rings (SSSR count). The van der Waals surface area contributed by atoms with Gasteiger partial charge < -0.3 is 61.6 Å². The third-order valence-electron chi connectivity index (χ3n) is 18.2. The third-order valence-corrected chi connectivity index (χ3v) is 18.2. The highest BCUT2D eigenvalue weighted by Gasteiger charge is 2.25. The molecule has 118 heavy (non-hydrogen) atoms. The van der Waals surface area contributed by atoms with E-state index in [1.165, 1.54) is 109 Å². The van der Waals surface area contributed by atoms with Gasteiger partial charge in [-0.05, 0) is 148 Å². The van der Waals surface area contributed by atoms with E-state index in [1.54, 1.807) is 13.8 Å². The normalized spacial score (nSPS) is 10.7. The van der Waals surface area contributed by atoms with Crippen molar-refractivity contribution in [1.82, 2.24) is 0 Å². The Labute approximate surface area is 676 Å². The van der Waals surface area contributed by atoms with E-state index in [0.717, 1.165) is 61.0 Å². The van der Waals surface area contributed by atoms with E-state index in [9.17, 15) is 59.1 Å². The summed E-state index contributed by atoms with van der Waals surface area (Å²) in [7, 11) is 0. The van der Waals surface area contributed by atoms with Crippen molar-refractivity contribution < 1.29 is 72.0 Å². The first kappa shape index (κ1) is 83.4. The number of nitrogens with one attached hydrogen (secondary N) is 3. The summed E-state index contributed by atoms with van der Waals surface area (Å²) in [5.41, 5.74) is 21.5. The molecule has 0 saturated carbocycles. The SMILES string of the molecule is CC(C)Oc1cc(C(N)=O)ccc1NC(=O)c1ccc([N+](=O)[O-])c(OCCc2ccc3ccccc3c2)c1.CCCOc1cc(C(N)=O)ccc1NC(=O)c1ccc([N+](=O)[O-])c(OCCc2ccc3ccccc3c2)c1.NC(=O)c1ccc(NC(=O)c2ccc([N+](=O)[O-])c(OCCc3ccc4ccccc4c3)c2)c(OCc2ccccc2)c1. The number of nitro groups is 3. The number of amides is 6. The number of nitro benzene ring substituents is 3. The lowest BCUT2D eigenvalue weighted by Crippen LogP contribution is -2.16. The topological polar surface area (TPSA) is 401 Å². The van der Waals surface area contributed by atoms with Crippen molar-refractivity contribution >= 4 is 102 Å².